The summed E-state index contributed by atoms with van der Waals surface area (Å²) in [6, 6.07) is 61.6. The quantitative estimate of drug-likeness (QED) is 0.185. The number of fused-ring (bicyclic) bond motifs is 12. The van der Waals surface area contributed by atoms with Crippen molar-refractivity contribution in [2.75, 3.05) is 0 Å². The van der Waals surface area contributed by atoms with E-state index in [0.29, 0.717) is 0 Å². The summed E-state index contributed by atoms with van der Waals surface area (Å²) in [4.78, 5) is 13.3. The molecule has 7 aromatic carbocycles. The van der Waals surface area contributed by atoms with Gasteiger partial charge in [-0.05, 0) is 69.8 Å². The van der Waals surface area contributed by atoms with Gasteiger partial charge >= 0.3 is 0 Å². The topological polar surface area (TPSA) is 25.8 Å². The highest BCUT2D eigenvalue weighted by atomic mass is 32.2. The second-order valence-electron chi connectivity index (χ2n) is 13.3. The standard InChI is InChI=1S/C47H28N2S2/c1-3-14-29(15-4-1)39-28-40(30-16-5-2-6-17-30)49-46(48-39)32-19-13-22-37-45(32)34-26-33-31-18-7-10-23-41(31)50-44(33)27-38(34)47(37)35-20-8-11-24-42(35)51-43-25-12-9-21-36(43)47/h1-28H. The predicted octanol–water partition coefficient (Wildman–Crippen LogP) is 12.7. The molecule has 238 valence electrons. The summed E-state index contributed by atoms with van der Waals surface area (Å²) >= 11 is 3.76. The molecule has 0 atom stereocenters. The van der Waals surface area contributed by atoms with Crippen LogP contribution < -0.4 is 0 Å². The van der Waals surface area contributed by atoms with Gasteiger partial charge in [0, 0.05) is 46.7 Å². The van der Waals surface area contributed by atoms with Crippen LogP contribution in [0.25, 0.3) is 65.2 Å². The molecule has 2 aromatic heterocycles. The van der Waals surface area contributed by atoms with E-state index in [4.69, 9.17) is 9.97 Å². The van der Waals surface area contributed by atoms with Crippen molar-refractivity contribution in [3.8, 4) is 45.0 Å². The Morgan fingerprint density at radius 3 is 1.69 bits per heavy atom. The Kier molecular flexibility index (Phi) is 6.30. The maximum absolute atomic E-state index is 5.36. The van der Waals surface area contributed by atoms with Gasteiger partial charge in [-0.15, -0.1) is 11.3 Å². The average Bonchev–Trinajstić information content (AvgIpc) is 3.71. The van der Waals surface area contributed by atoms with E-state index in [9.17, 15) is 0 Å². The summed E-state index contributed by atoms with van der Waals surface area (Å²) in [5.41, 5.74) is 12.2. The fraction of sp³-hybridized carbons (Fsp3) is 0.0213. The van der Waals surface area contributed by atoms with Crippen LogP contribution in [0.1, 0.15) is 22.3 Å². The largest absolute Gasteiger partial charge is 0.228 e. The van der Waals surface area contributed by atoms with Gasteiger partial charge < -0.3 is 0 Å². The molecule has 1 spiro atoms. The third-order valence-electron chi connectivity index (χ3n) is 10.6. The van der Waals surface area contributed by atoms with Crippen LogP contribution in [-0.4, -0.2) is 9.97 Å². The van der Waals surface area contributed by atoms with Gasteiger partial charge in [0.25, 0.3) is 0 Å². The van der Waals surface area contributed by atoms with Crippen molar-refractivity contribution < 1.29 is 0 Å². The van der Waals surface area contributed by atoms with E-state index < -0.39 is 5.41 Å². The molecule has 0 saturated heterocycles. The molecule has 9 aromatic rings. The van der Waals surface area contributed by atoms with Crippen molar-refractivity contribution >= 4 is 43.3 Å². The Morgan fingerprint density at radius 2 is 1.00 bits per heavy atom. The van der Waals surface area contributed by atoms with Gasteiger partial charge in [0.2, 0.25) is 0 Å². The number of rotatable bonds is 3. The Balaban J connectivity index is 1.28. The minimum Gasteiger partial charge on any atom is -0.228 e. The average molecular weight is 685 g/mol. The molecule has 51 heavy (non-hydrogen) atoms. The van der Waals surface area contributed by atoms with E-state index in [2.05, 4.69) is 170 Å². The van der Waals surface area contributed by atoms with Crippen molar-refractivity contribution in [3.05, 3.63) is 192 Å². The normalized spacial score (nSPS) is 13.6. The lowest BCUT2D eigenvalue weighted by molar-refractivity contribution is 0.723. The molecule has 4 heteroatoms. The van der Waals surface area contributed by atoms with Crippen LogP contribution in [-0.2, 0) is 5.41 Å². The summed E-state index contributed by atoms with van der Waals surface area (Å²) < 4.78 is 2.62. The minimum atomic E-state index is -0.497. The highest BCUT2D eigenvalue weighted by Crippen LogP contribution is 2.64. The van der Waals surface area contributed by atoms with E-state index >= 15 is 0 Å². The zero-order valence-corrected chi connectivity index (χ0v) is 29.0. The predicted molar refractivity (Wildman–Crippen MR) is 213 cm³/mol. The molecule has 0 radical (unpaired) electrons. The first-order chi connectivity index (χ1) is 25.3. The molecule has 11 rings (SSSR count). The smallest absolute Gasteiger partial charge is 0.161 e. The summed E-state index contributed by atoms with van der Waals surface area (Å²) in [7, 11) is 0. The first kappa shape index (κ1) is 29.0. The third kappa shape index (κ3) is 4.18. The number of aromatic nitrogens is 2. The van der Waals surface area contributed by atoms with Gasteiger partial charge in [-0.25, -0.2) is 9.97 Å². The van der Waals surface area contributed by atoms with Gasteiger partial charge in [0.05, 0.1) is 16.8 Å². The second-order valence-corrected chi connectivity index (χ2v) is 15.4. The van der Waals surface area contributed by atoms with Crippen molar-refractivity contribution in [3.63, 3.8) is 0 Å². The first-order valence-corrected chi connectivity index (χ1v) is 18.9. The molecule has 2 nitrogen and oxygen atoms in total. The SMILES string of the molecule is c1ccc(-c2cc(-c3ccccc3)nc(-c3cccc4c3-c3cc5c(cc3C43c4ccccc4Sc4ccccc43)sc3ccccc35)n2)cc1. The Morgan fingerprint density at radius 1 is 0.412 bits per heavy atom. The van der Waals surface area contributed by atoms with Crippen molar-refractivity contribution in [2.24, 2.45) is 0 Å². The lowest BCUT2D eigenvalue weighted by Gasteiger charge is -2.39. The molecule has 0 saturated carbocycles. The van der Waals surface area contributed by atoms with Crippen LogP contribution in [0.15, 0.2) is 180 Å². The zero-order chi connectivity index (χ0) is 33.5. The number of hydrogen-bond donors (Lipinski definition) is 0. The second kappa shape index (κ2) is 11.1. The number of thiophene rings is 1. The molecule has 2 aliphatic rings. The van der Waals surface area contributed by atoms with Crippen LogP contribution in [0.3, 0.4) is 0 Å². The van der Waals surface area contributed by atoms with E-state index in [1.165, 1.54) is 63.3 Å². The molecule has 0 amide bonds. The van der Waals surface area contributed by atoms with E-state index in [1.807, 2.05) is 23.1 Å². The van der Waals surface area contributed by atoms with E-state index in [-0.39, 0.29) is 0 Å². The molecular weight excluding hydrogens is 657 g/mol. The summed E-state index contributed by atoms with van der Waals surface area (Å²) in [6.45, 7) is 0. The summed E-state index contributed by atoms with van der Waals surface area (Å²) in [5, 5.41) is 2.59. The Bertz CT molecular complexity index is 2730. The van der Waals surface area contributed by atoms with E-state index in [1.54, 1.807) is 0 Å². The number of nitrogens with zero attached hydrogens (tertiary/aromatic N) is 2. The van der Waals surface area contributed by atoms with Crippen LogP contribution in [0.5, 0.6) is 0 Å². The van der Waals surface area contributed by atoms with Crippen LogP contribution >= 0.6 is 23.1 Å². The van der Waals surface area contributed by atoms with Crippen molar-refractivity contribution in [1.82, 2.24) is 9.97 Å². The van der Waals surface area contributed by atoms with E-state index in [0.717, 1.165) is 33.9 Å². The summed E-state index contributed by atoms with van der Waals surface area (Å²) in [5.74, 6) is 0.733. The van der Waals surface area contributed by atoms with Gasteiger partial charge in [0.15, 0.2) is 5.82 Å². The lowest BCUT2D eigenvalue weighted by Crippen LogP contribution is -2.31. The fourth-order valence-electron chi connectivity index (χ4n) is 8.43. The summed E-state index contributed by atoms with van der Waals surface area (Å²) in [6.07, 6.45) is 0. The number of hydrogen-bond acceptors (Lipinski definition) is 4. The van der Waals surface area contributed by atoms with Gasteiger partial charge in [-0.3, -0.25) is 0 Å². The fourth-order valence-corrected chi connectivity index (χ4v) is 10.8. The van der Waals surface area contributed by atoms with Gasteiger partial charge in [-0.1, -0.05) is 145 Å². The molecule has 1 aliphatic carbocycles. The monoisotopic (exact) mass is 684 g/mol. The van der Waals surface area contributed by atoms with Crippen LogP contribution in [0, 0.1) is 0 Å². The molecule has 0 unspecified atom stereocenters. The van der Waals surface area contributed by atoms with Crippen LogP contribution in [0.2, 0.25) is 0 Å². The molecule has 0 bridgehead atoms. The van der Waals surface area contributed by atoms with Crippen LogP contribution in [0.4, 0.5) is 0 Å². The number of benzene rings is 7. The Labute approximate surface area is 304 Å². The maximum atomic E-state index is 5.36. The van der Waals surface area contributed by atoms with Gasteiger partial charge in [0.1, 0.15) is 0 Å². The Hall–Kier alpha value is -5.81. The van der Waals surface area contributed by atoms with Gasteiger partial charge in [-0.2, -0.15) is 0 Å². The zero-order valence-electron chi connectivity index (χ0n) is 27.4. The van der Waals surface area contributed by atoms with Crippen molar-refractivity contribution in [2.45, 2.75) is 15.2 Å². The lowest BCUT2D eigenvalue weighted by atomic mass is 9.67. The third-order valence-corrected chi connectivity index (χ3v) is 12.9. The molecule has 0 fully saturated rings. The molecule has 0 N–H and O–H groups in total. The minimum absolute atomic E-state index is 0.497. The molecule has 3 heterocycles. The highest BCUT2D eigenvalue weighted by molar-refractivity contribution is 7.99. The first-order valence-electron chi connectivity index (χ1n) is 17.2. The highest BCUT2D eigenvalue weighted by Gasteiger charge is 2.51. The molecule has 1 aliphatic heterocycles. The maximum Gasteiger partial charge on any atom is 0.161 e. The van der Waals surface area contributed by atoms with Crippen molar-refractivity contribution in [1.29, 1.82) is 0 Å². The molecular formula is C47H28N2S2.